The highest BCUT2D eigenvalue weighted by Gasteiger charge is 2.30. The van der Waals surface area contributed by atoms with E-state index in [1.165, 1.54) is 21.3 Å². The Kier molecular flexibility index (Phi) is 10.3. The first-order valence-electron chi connectivity index (χ1n) is 12.7. The lowest BCUT2D eigenvalue weighted by Gasteiger charge is -2.32. The molecule has 0 bridgehead atoms. The van der Waals surface area contributed by atoms with E-state index in [-0.39, 0.29) is 49.6 Å². The lowest BCUT2D eigenvalue weighted by atomic mass is 10.1. The number of carbonyl (C=O) groups excluding carboxylic acids is 2. The van der Waals surface area contributed by atoms with Crippen molar-refractivity contribution in [2.24, 2.45) is 0 Å². The van der Waals surface area contributed by atoms with Crippen molar-refractivity contribution in [1.29, 1.82) is 0 Å². The molecule has 1 N–H and O–H groups in total. The Bertz CT molecular complexity index is 1150. The first kappa shape index (κ1) is 28.9. The van der Waals surface area contributed by atoms with E-state index in [0.717, 1.165) is 31.9 Å². The molecule has 0 radical (unpaired) electrons. The molecule has 10 heteroatoms. The summed E-state index contributed by atoms with van der Waals surface area (Å²) in [7, 11) is -3.58. The van der Waals surface area contributed by atoms with Gasteiger partial charge in [-0.15, -0.1) is 0 Å². The second-order valence-electron chi connectivity index (χ2n) is 9.48. The number of sulfonamides is 1. The van der Waals surface area contributed by atoms with Gasteiger partial charge in [-0.3, -0.25) is 13.9 Å². The summed E-state index contributed by atoms with van der Waals surface area (Å²) in [6.45, 7) is 2.11. The van der Waals surface area contributed by atoms with E-state index < -0.39 is 16.1 Å². The molecule has 7 nitrogen and oxygen atoms in total. The quantitative estimate of drug-likeness (QED) is 0.407. The molecule has 1 saturated carbocycles. The number of amides is 2. The maximum absolute atomic E-state index is 13.5. The number of benzene rings is 2. The number of hydrogen-bond acceptors (Lipinski definition) is 4. The van der Waals surface area contributed by atoms with Crippen LogP contribution in [0, 0.1) is 5.82 Å². The zero-order valence-corrected chi connectivity index (χ0v) is 22.9. The SMILES string of the molecule is CCC(C(=O)NC1CCCC1)N(Cc1ccc(F)cc1)C(=O)CCCN(c1ccc(Cl)cc1)S(C)(=O)=O. The fourth-order valence-corrected chi connectivity index (χ4v) is 5.78. The Morgan fingerprint density at radius 3 is 2.27 bits per heavy atom. The van der Waals surface area contributed by atoms with E-state index in [2.05, 4.69) is 5.32 Å². The Morgan fingerprint density at radius 2 is 1.70 bits per heavy atom. The molecule has 1 atom stereocenters. The standard InChI is InChI=1S/C27H35ClFN3O4S/c1-3-25(27(34)30-23-7-4-5-8-23)31(19-20-10-14-22(29)15-11-20)26(33)9-6-18-32(37(2,35)36)24-16-12-21(28)13-17-24/h10-17,23,25H,3-9,18-19H2,1-2H3,(H,30,34). The molecule has 1 fully saturated rings. The van der Waals surface area contributed by atoms with E-state index in [9.17, 15) is 22.4 Å². The van der Waals surface area contributed by atoms with Gasteiger partial charge in [0.05, 0.1) is 11.9 Å². The molecule has 0 heterocycles. The normalized spacial score (nSPS) is 14.8. The Balaban J connectivity index is 1.74. The maximum Gasteiger partial charge on any atom is 0.243 e. The van der Waals surface area contributed by atoms with E-state index >= 15 is 0 Å². The van der Waals surface area contributed by atoms with Crippen molar-refractivity contribution >= 4 is 39.1 Å². The van der Waals surface area contributed by atoms with Crippen molar-refractivity contribution in [1.82, 2.24) is 10.2 Å². The van der Waals surface area contributed by atoms with Crippen LogP contribution in [0.1, 0.15) is 57.4 Å². The van der Waals surface area contributed by atoms with E-state index in [4.69, 9.17) is 11.6 Å². The van der Waals surface area contributed by atoms with Gasteiger partial charge < -0.3 is 10.2 Å². The lowest BCUT2D eigenvalue weighted by molar-refractivity contribution is -0.141. The fraction of sp³-hybridized carbons (Fsp3) is 0.481. The van der Waals surface area contributed by atoms with Crippen LogP contribution in [0.3, 0.4) is 0 Å². The number of carbonyl (C=O) groups is 2. The van der Waals surface area contributed by atoms with Crippen LogP contribution >= 0.6 is 11.6 Å². The molecule has 1 aliphatic carbocycles. The summed E-state index contributed by atoms with van der Waals surface area (Å²) in [6, 6.07) is 11.7. The smallest absolute Gasteiger partial charge is 0.243 e. The third-order valence-electron chi connectivity index (χ3n) is 6.62. The molecule has 0 spiro atoms. The van der Waals surface area contributed by atoms with Crippen LogP contribution in [0.15, 0.2) is 48.5 Å². The molecule has 1 unspecified atom stereocenters. The van der Waals surface area contributed by atoms with Crippen molar-refractivity contribution in [2.75, 3.05) is 17.1 Å². The van der Waals surface area contributed by atoms with E-state index in [1.807, 2.05) is 6.92 Å². The highest BCUT2D eigenvalue weighted by Crippen LogP contribution is 2.22. The molecule has 3 rings (SSSR count). The summed E-state index contributed by atoms with van der Waals surface area (Å²) in [4.78, 5) is 28.2. The average Bonchev–Trinajstić information content (AvgIpc) is 3.36. The van der Waals surface area contributed by atoms with Crippen LogP contribution in [0.4, 0.5) is 10.1 Å². The minimum atomic E-state index is -3.58. The number of nitrogens with one attached hydrogen (secondary N) is 1. The fourth-order valence-electron chi connectivity index (χ4n) is 4.68. The number of nitrogens with zero attached hydrogens (tertiary/aromatic N) is 2. The first-order valence-corrected chi connectivity index (χ1v) is 14.9. The molecule has 2 aromatic rings. The molecule has 37 heavy (non-hydrogen) atoms. The molecule has 0 aromatic heterocycles. The zero-order valence-electron chi connectivity index (χ0n) is 21.3. The van der Waals surface area contributed by atoms with Crippen LogP contribution in [-0.4, -0.2) is 50.0 Å². The zero-order chi connectivity index (χ0) is 27.0. The molecule has 1 aliphatic rings. The van der Waals surface area contributed by atoms with Crippen molar-refractivity contribution < 1.29 is 22.4 Å². The number of halogens is 2. The third-order valence-corrected chi connectivity index (χ3v) is 8.07. The minimum Gasteiger partial charge on any atom is -0.352 e. The van der Waals surface area contributed by atoms with Crippen LogP contribution in [-0.2, 0) is 26.2 Å². The van der Waals surface area contributed by atoms with Gasteiger partial charge in [0.25, 0.3) is 0 Å². The molecule has 0 aliphatic heterocycles. The summed E-state index contributed by atoms with van der Waals surface area (Å²) in [5, 5.41) is 3.58. The summed E-state index contributed by atoms with van der Waals surface area (Å²) in [6.07, 6.45) is 5.86. The molecule has 202 valence electrons. The molecular weight excluding hydrogens is 517 g/mol. The van der Waals surface area contributed by atoms with Gasteiger partial charge in [0.15, 0.2) is 0 Å². The van der Waals surface area contributed by atoms with Crippen LogP contribution in [0.25, 0.3) is 0 Å². The van der Waals surface area contributed by atoms with E-state index in [0.29, 0.717) is 22.7 Å². The highest BCUT2D eigenvalue weighted by molar-refractivity contribution is 7.92. The second-order valence-corrected chi connectivity index (χ2v) is 11.8. The van der Waals surface area contributed by atoms with E-state index in [1.54, 1.807) is 36.4 Å². The van der Waals surface area contributed by atoms with Gasteiger partial charge in [-0.1, -0.05) is 43.5 Å². The van der Waals surface area contributed by atoms with Crippen molar-refractivity contribution in [3.05, 3.63) is 64.9 Å². The van der Waals surface area contributed by atoms with Crippen LogP contribution in [0.2, 0.25) is 5.02 Å². The summed E-state index contributed by atoms with van der Waals surface area (Å²) >= 11 is 5.94. The molecule has 2 amide bonds. The van der Waals surface area contributed by atoms with Gasteiger partial charge in [-0.2, -0.15) is 0 Å². The summed E-state index contributed by atoms with van der Waals surface area (Å²) in [5.41, 5.74) is 1.17. The maximum atomic E-state index is 13.5. The monoisotopic (exact) mass is 551 g/mol. The third kappa shape index (κ3) is 8.43. The van der Waals surface area contributed by atoms with Crippen molar-refractivity contribution in [2.45, 2.75) is 70.5 Å². The molecule has 2 aromatic carbocycles. The molecule has 0 saturated heterocycles. The summed E-state index contributed by atoms with van der Waals surface area (Å²) in [5.74, 6) is -0.832. The van der Waals surface area contributed by atoms with Gasteiger partial charge in [0, 0.05) is 30.6 Å². The van der Waals surface area contributed by atoms with Crippen LogP contribution < -0.4 is 9.62 Å². The average molecular weight is 552 g/mol. The molecular formula is C27H35ClFN3O4S. The minimum absolute atomic E-state index is 0.0496. The number of hydrogen-bond donors (Lipinski definition) is 1. The van der Waals surface area contributed by atoms with Gasteiger partial charge in [-0.05, 0) is 67.6 Å². The Hall–Kier alpha value is -2.65. The topological polar surface area (TPSA) is 86.8 Å². The highest BCUT2D eigenvalue weighted by atomic mass is 35.5. The van der Waals surface area contributed by atoms with Gasteiger partial charge in [0.1, 0.15) is 11.9 Å². The number of anilines is 1. The Morgan fingerprint density at radius 1 is 1.08 bits per heavy atom. The largest absolute Gasteiger partial charge is 0.352 e. The predicted molar refractivity (Wildman–Crippen MR) is 144 cm³/mol. The summed E-state index contributed by atoms with van der Waals surface area (Å²) < 4.78 is 39.5. The lowest BCUT2D eigenvalue weighted by Crippen LogP contribution is -2.51. The predicted octanol–water partition coefficient (Wildman–Crippen LogP) is 4.89. The Labute approximate surface area is 224 Å². The van der Waals surface area contributed by atoms with Gasteiger partial charge >= 0.3 is 0 Å². The van der Waals surface area contributed by atoms with Crippen LogP contribution in [0.5, 0.6) is 0 Å². The van der Waals surface area contributed by atoms with Gasteiger partial charge in [0.2, 0.25) is 21.8 Å². The second kappa shape index (κ2) is 13.2. The number of rotatable bonds is 12. The van der Waals surface area contributed by atoms with Crippen molar-refractivity contribution in [3.8, 4) is 0 Å². The van der Waals surface area contributed by atoms with Gasteiger partial charge in [-0.25, -0.2) is 12.8 Å². The first-order chi connectivity index (χ1) is 17.6. The van der Waals surface area contributed by atoms with Crippen molar-refractivity contribution in [3.63, 3.8) is 0 Å².